The van der Waals surface area contributed by atoms with E-state index in [2.05, 4.69) is 10.2 Å². The Labute approximate surface area is 123 Å². The molecule has 2 rings (SSSR count). The zero-order chi connectivity index (χ0) is 14.4. The van der Waals surface area contributed by atoms with Crippen molar-refractivity contribution in [2.75, 3.05) is 45.0 Å². The second-order valence-corrected chi connectivity index (χ2v) is 7.94. The molecular weight excluding hydrogens is 274 g/mol. The molecule has 1 heterocycles. The van der Waals surface area contributed by atoms with Crippen LogP contribution in [-0.2, 0) is 10.0 Å². The molecule has 0 atom stereocenters. The van der Waals surface area contributed by atoms with Crippen molar-refractivity contribution in [2.24, 2.45) is 0 Å². The summed E-state index contributed by atoms with van der Waals surface area (Å²) in [6.07, 6.45) is 5.69. The summed E-state index contributed by atoms with van der Waals surface area (Å²) in [5, 5.41) is 3.30. The third kappa shape index (κ3) is 4.41. The van der Waals surface area contributed by atoms with Crippen molar-refractivity contribution in [3.63, 3.8) is 0 Å². The van der Waals surface area contributed by atoms with Crippen LogP contribution >= 0.6 is 0 Å². The standard InChI is InChI=1S/C14H29N3O2S/c1-2-17(14-6-4-3-5-7-14)20(18,19)13-12-16-10-8-15-9-11-16/h14-15H,2-13H2,1H3. The molecule has 0 radical (unpaired) electrons. The van der Waals surface area contributed by atoms with E-state index in [0.29, 0.717) is 13.1 Å². The first kappa shape index (κ1) is 16.2. The number of sulfonamides is 1. The van der Waals surface area contributed by atoms with E-state index in [9.17, 15) is 8.42 Å². The summed E-state index contributed by atoms with van der Waals surface area (Å²) in [5.41, 5.74) is 0. The van der Waals surface area contributed by atoms with Gasteiger partial charge in [-0.2, -0.15) is 4.31 Å². The van der Waals surface area contributed by atoms with Crippen LogP contribution in [0.3, 0.4) is 0 Å². The van der Waals surface area contributed by atoms with Crippen LogP contribution in [0.5, 0.6) is 0 Å². The van der Waals surface area contributed by atoms with E-state index >= 15 is 0 Å². The predicted molar refractivity (Wildman–Crippen MR) is 82.3 cm³/mol. The molecule has 0 unspecified atom stereocenters. The minimum Gasteiger partial charge on any atom is -0.314 e. The lowest BCUT2D eigenvalue weighted by molar-refractivity contribution is 0.243. The molecule has 1 saturated carbocycles. The first-order valence-electron chi connectivity index (χ1n) is 8.06. The van der Waals surface area contributed by atoms with Gasteiger partial charge in [0, 0.05) is 45.3 Å². The molecule has 1 aliphatic heterocycles. The Hall–Kier alpha value is -0.170. The summed E-state index contributed by atoms with van der Waals surface area (Å²) in [7, 11) is -3.10. The van der Waals surface area contributed by atoms with Gasteiger partial charge in [-0.15, -0.1) is 0 Å². The maximum atomic E-state index is 12.6. The van der Waals surface area contributed by atoms with Gasteiger partial charge in [0.25, 0.3) is 0 Å². The summed E-state index contributed by atoms with van der Waals surface area (Å²) in [6.45, 7) is 7.13. The van der Waals surface area contributed by atoms with E-state index < -0.39 is 10.0 Å². The maximum absolute atomic E-state index is 12.6. The summed E-state index contributed by atoms with van der Waals surface area (Å²) >= 11 is 0. The average molecular weight is 303 g/mol. The van der Waals surface area contributed by atoms with Gasteiger partial charge >= 0.3 is 0 Å². The van der Waals surface area contributed by atoms with Crippen molar-refractivity contribution >= 4 is 10.0 Å². The first-order valence-corrected chi connectivity index (χ1v) is 9.67. The van der Waals surface area contributed by atoms with Crippen molar-refractivity contribution in [1.29, 1.82) is 0 Å². The zero-order valence-corrected chi connectivity index (χ0v) is 13.5. The third-order valence-corrected chi connectivity index (χ3v) is 6.50. The summed E-state index contributed by atoms with van der Waals surface area (Å²) in [5.74, 6) is 0.275. The normalized spacial score (nSPS) is 23.3. The van der Waals surface area contributed by atoms with Crippen molar-refractivity contribution in [1.82, 2.24) is 14.5 Å². The van der Waals surface area contributed by atoms with Crippen LogP contribution < -0.4 is 5.32 Å². The highest BCUT2D eigenvalue weighted by atomic mass is 32.2. The topological polar surface area (TPSA) is 52.7 Å². The minimum absolute atomic E-state index is 0.252. The quantitative estimate of drug-likeness (QED) is 0.791. The van der Waals surface area contributed by atoms with Gasteiger partial charge in [-0.25, -0.2) is 8.42 Å². The SMILES string of the molecule is CCN(C1CCCCC1)S(=O)(=O)CCN1CCNCC1. The predicted octanol–water partition coefficient (Wildman–Crippen LogP) is 0.876. The summed E-state index contributed by atoms with van der Waals surface area (Å²) in [6, 6.07) is 0.252. The third-order valence-electron chi connectivity index (χ3n) is 4.53. The highest BCUT2D eigenvalue weighted by Crippen LogP contribution is 2.24. The van der Waals surface area contributed by atoms with Gasteiger partial charge in [-0.3, -0.25) is 4.90 Å². The second kappa shape index (κ2) is 7.73. The fourth-order valence-corrected chi connectivity index (χ4v) is 5.13. The molecule has 2 fully saturated rings. The molecule has 20 heavy (non-hydrogen) atoms. The van der Waals surface area contributed by atoms with Gasteiger partial charge in [0.1, 0.15) is 0 Å². The van der Waals surface area contributed by atoms with Crippen LogP contribution in [0.25, 0.3) is 0 Å². The molecule has 118 valence electrons. The lowest BCUT2D eigenvalue weighted by Crippen LogP contribution is -2.48. The molecule has 0 aromatic carbocycles. The van der Waals surface area contributed by atoms with E-state index in [4.69, 9.17) is 0 Å². The van der Waals surface area contributed by atoms with Crippen molar-refractivity contribution in [3.8, 4) is 0 Å². The van der Waals surface area contributed by atoms with Gasteiger partial charge in [0.15, 0.2) is 0 Å². The van der Waals surface area contributed by atoms with E-state index in [1.807, 2.05) is 6.92 Å². The molecule has 6 heteroatoms. The molecule has 0 aromatic heterocycles. The first-order chi connectivity index (χ1) is 9.63. The fraction of sp³-hybridized carbons (Fsp3) is 1.00. The van der Waals surface area contributed by atoms with Crippen LogP contribution in [0.15, 0.2) is 0 Å². The lowest BCUT2D eigenvalue weighted by atomic mass is 9.95. The smallest absolute Gasteiger partial charge is 0.215 e. The second-order valence-electron chi connectivity index (χ2n) is 5.90. The molecule has 0 aromatic rings. The van der Waals surface area contributed by atoms with Gasteiger partial charge in [0.05, 0.1) is 5.75 Å². The van der Waals surface area contributed by atoms with E-state index in [1.54, 1.807) is 4.31 Å². The molecule has 1 saturated heterocycles. The van der Waals surface area contributed by atoms with Crippen LogP contribution in [-0.4, -0.2) is 68.7 Å². The molecule has 0 bridgehead atoms. The highest BCUT2D eigenvalue weighted by Gasteiger charge is 2.29. The summed E-state index contributed by atoms with van der Waals surface area (Å²) in [4.78, 5) is 2.25. The molecule has 2 aliphatic rings. The zero-order valence-electron chi connectivity index (χ0n) is 12.7. The Kier molecular flexibility index (Phi) is 6.26. The Morgan fingerprint density at radius 3 is 2.40 bits per heavy atom. The molecule has 1 N–H and O–H groups in total. The number of rotatable bonds is 6. The van der Waals surface area contributed by atoms with Crippen LogP contribution in [0, 0.1) is 0 Å². The fourth-order valence-electron chi connectivity index (χ4n) is 3.35. The van der Waals surface area contributed by atoms with Gasteiger partial charge in [-0.05, 0) is 12.8 Å². The van der Waals surface area contributed by atoms with Crippen LogP contribution in [0.4, 0.5) is 0 Å². The average Bonchev–Trinajstić information content (AvgIpc) is 2.48. The molecular formula is C14H29N3O2S. The monoisotopic (exact) mass is 303 g/mol. The Morgan fingerprint density at radius 1 is 1.15 bits per heavy atom. The largest absolute Gasteiger partial charge is 0.314 e. The van der Waals surface area contributed by atoms with Gasteiger partial charge in [-0.1, -0.05) is 26.2 Å². The molecule has 0 spiro atoms. The number of hydrogen-bond acceptors (Lipinski definition) is 4. The molecule has 0 amide bonds. The number of hydrogen-bond donors (Lipinski definition) is 1. The van der Waals surface area contributed by atoms with Crippen LogP contribution in [0.1, 0.15) is 39.0 Å². The highest BCUT2D eigenvalue weighted by molar-refractivity contribution is 7.89. The van der Waals surface area contributed by atoms with E-state index in [1.165, 1.54) is 19.3 Å². The van der Waals surface area contributed by atoms with E-state index in [-0.39, 0.29) is 11.8 Å². The molecule has 5 nitrogen and oxygen atoms in total. The van der Waals surface area contributed by atoms with E-state index in [0.717, 1.165) is 39.0 Å². The number of nitrogens with one attached hydrogen (secondary N) is 1. The number of nitrogens with zero attached hydrogens (tertiary/aromatic N) is 2. The van der Waals surface area contributed by atoms with Crippen molar-refractivity contribution in [3.05, 3.63) is 0 Å². The van der Waals surface area contributed by atoms with Crippen LogP contribution in [0.2, 0.25) is 0 Å². The van der Waals surface area contributed by atoms with Crippen molar-refractivity contribution in [2.45, 2.75) is 45.1 Å². The Bertz CT molecular complexity index is 374. The minimum atomic E-state index is -3.10. The van der Waals surface area contributed by atoms with Crippen molar-refractivity contribution < 1.29 is 8.42 Å². The Morgan fingerprint density at radius 2 is 1.80 bits per heavy atom. The summed E-state index contributed by atoms with van der Waals surface area (Å²) < 4.78 is 26.9. The van der Waals surface area contributed by atoms with Gasteiger partial charge < -0.3 is 5.32 Å². The Balaban J connectivity index is 1.88. The van der Waals surface area contributed by atoms with Gasteiger partial charge in [0.2, 0.25) is 10.0 Å². The maximum Gasteiger partial charge on any atom is 0.215 e. The molecule has 1 aliphatic carbocycles. The number of piperazine rings is 1. The lowest BCUT2D eigenvalue weighted by Gasteiger charge is -2.34.